The number of ether oxygens (including phenoxy) is 1. The zero-order valence-electron chi connectivity index (χ0n) is 11.6. The number of nitrogens with zero attached hydrogens (tertiary/aromatic N) is 1. The minimum absolute atomic E-state index is 0.0163. The van der Waals surface area contributed by atoms with Crippen LogP contribution in [0.2, 0.25) is 0 Å². The van der Waals surface area contributed by atoms with Crippen LogP contribution in [0.4, 0.5) is 0 Å². The lowest BCUT2D eigenvalue weighted by atomic mass is 10.2. The highest BCUT2D eigenvalue weighted by Gasteiger charge is 2.17. The standard InChI is InChI=1S/C12H20N2O6S/c15-9(12(18)19)1-2-13-10(16)7-21-8-11(17)14-3-5-20-6-4-14/h9,15H,1-8H2,(H,13,16)(H,18,19). The van der Waals surface area contributed by atoms with Crippen LogP contribution in [-0.2, 0) is 19.1 Å². The van der Waals surface area contributed by atoms with Gasteiger partial charge in [0, 0.05) is 26.1 Å². The molecule has 9 heteroatoms. The first kappa shape index (κ1) is 17.7. The smallest absolute Gasteiger partial charge is 0.332 e. The van der Waals surface area contributed by atoms with Crippen LogP contribution in [-0.4, -0.2) is 83.4 Å². The molecule has 0 radical (unpaired) electrons. The SMILES string of the molecule is O=C(CSCC(=O)N1CCOCC1)NCCC(O)C(=O)O. The summed E-state index contributed by atoms with van der Waals surface area (Å²) in [5.74, 6) is -1.26. The number of aliphatic carboxylic acids is 1. The minimum Gasteiger partial charge on any atom is -0.479 e. The van der Waals surface area contributed by atoms with Crippen molar-refractivity contribution in [2.75, 3.05) is 44.4 Å². The van der Waals surface area contributed by atoms with Gasteiger partial charge >= 0.3 is 5.97 Å². The molecule has 0 aromatic heterocycles. The maximum Gasteiger partial charge on any atom is 0.332 e. The number of nitrogens with one attached hydrogen (secondary N) is 1. The molecule has 1 rings (SSSR count). The quantitative estimate of drug-likeness (QED) is 0.500. The van der Waals surface area contributed by atoms with Crippen LogP contribution in [0.25, 0.3) is 0 Å². The molecule has 1 aliphatic heterocycles. The summed E-state index contributed by atoms with van der Waals surface area (Å²) in [4.78, 5) is 35.3. The summed E-state index contributed by atoms with van der Waals surface area (Å²) in [5.41, 5.74) is 0. The maximum atomic E-state index is 11.8. The van der Waals surface area contributed by atoms with E-state index in [-0.39, 0.29) is 36.3 Å². The number of aliphatic hydroxyl groups excluding tert-OH is 1. The average Bonchev–Trinajstić information content (AvgIpc) is 2.47. The molecule has 0 saturated carbocycles. The second-order valence-corrected chi connectivity index (χ2v) is 5.46. The number of carbonyl (C=O) groups is 3. The molecule has 1 unspecified atom stereocenters. The van der Waals surface area contributed by atoms with Gasteiger partial charge in [0.15, 0.2) is 6.10 Å². The van der Waals surface area contributed by atoms with Crippen LogP contribution in [0.5, 0.6) is 0 Å². The summed E-state index contributed by atoms with van der Waals surface area (Å²) in [6.07, 6.45) is -1.51. The number of amides is 2. The first-order valence-corrected chi connectivity index (χ1v) is 7.77. The first-order valence-electron chi connectivity index (χ1n) is 6.61. The molecule has 0 aromatic carbocycles. The third-order valence-electron chi connectivity index (χ3n) is 2.85. The molecule has 1 fully saturated rings. The summed E-state index contributed by atoms with van der Waals surface area (Å²) >= 11 is 1.21. The molecule has 21 heavy (non-hydrogen) atoms. The van der Waals surface area contributed by atoms with Crippen LogP contribution >= 0.6 is 11.8 Å². The molecule has 0 aromatic rings. The van der Waals surface area contributed by atoms with Crippen molar-refractivity contribution in [1.82, 2.24) is 10.2 Å². The fourth-order valence-corrected chi connectivity index (χ4v) is 2.40. The minimum atomic E-state index is -1.47. The Labute approximate surface area is 126 Å². The van der Waals surface area contributed by atoms with Crippen molar-refractivity contribution in [2.24, 2.45) is 0 Å². The van der Waals surface area contributed by atoms with Gasteiger partial charge in [-0.3, -0.25) is 9.59 Å². The van der Waals surface area contributed by atoms with E-state index in [9.17, 15) is 14.4 Å². The predicted molar refractivity (Wildman–Crippen MR) is 76.0 cm³/mol. The van der Waals surface area contributed by atoms with Gasteiger partial charge in [0.05, 0.1) is 24.7 Å². The Morgan fingerprint density at radius 1 is 1.24 bits per heavy atom. The monoisotopic (exact) mass is 320 g/mol. The molecule has 1 aliphatic rings. The van der Waals surface area contributed by atoms with Gasteiger partial charge in [0.25, 0.3) is 0 Å². The van der Waals surface area contributed by atoms with Crippen molar-refractivity contribution >= 4 is 29.5 Å². The molecule has 3 N–H and O–H groups in total. The second kappa shape index (κ2) is 9.59. The molecule has 0 spiro atoms. The Kier molecular flexibility index (Phi) is 8.09. The van der Waals surface area contributed by atoms with Crippen molar-refractivity contribution in [3.8, 4) is 0 Å². The van der Waals surface area contributed by atoms with Gasteiger partial charge in [0.1, 0.15) is 0 Å². The lowest BCUT2D eigenvalue weighted by Gasteiger charge is -2.26. The van der Waals surface area contributed by atoms with E-state index in [0.29, 0.717) is 26.3 Å². The van der Waals surface area contributed by atoms with E-state index in [4.69, 9.17) is 14.9 Å². The van der Waals surface area contributed by atoms with Crippen LogP contribution in [0.3, 0.4) is 0 Å². The first-order chi connectivity index (χ1) is 10.0. The van der Waals surface area contributed by atoms with E-state index in [0.717, 1.165) is 0 Å². The normalized spacial score (nSPS) is 16.3. The van der Waals surface area contributed by atoms with Crippen molar-refractivity contribution in [2.45, 2.75) is 12.5 Å². The van der Waals surface area contributed by atoms with Crippen molar-refractivity contribution in [3.05, 3.63) is 0 Å². The Morgan fingerprint density at radius 3 is 2.52 bits per heavy atom. The molecule has 1 saturated heterocycles. The highest BCUT2D eigenvalue weighted by atomic mass is 32.2. The van der Waals surface area contributed by atoms with Crippen LogP contribution < -0.4 is 5.32 Å². The van der Waals surface area contributed by atoms with E-state index < -0.39 is 12.1 Å². The summed E-state index contributed by atoms with van der Waals surface area (Å²) in [7, 11) is 0. The number of carbonyl (C=O) groups excluding carboxylic acids is 2. The Bertz CT molecular complexity index is 373. The average molecular weight is 320 g/mol. The Morgan fingerprint density at radius 2 is 1.90 bits per heavy atom. The van der Waals surface area contributed by atoms with Gasteiger partial charge in [-0.05, 0) is 0 Å². The third kappa shape index (κ3) is 7.30. The molecule has 2 amide bonds. The molecular formula is C12H20N2O6S. The van der Waals surface area contributed by atoms with Crippen molar-refractivity contribution < 1.29 is 29.3 Å². The van der Waals surface area contributed by atoms with Crippen LogP contribution in [0.15, 0.2) is 0 Å². The number of rotatable bonds is 8. The number of morpholine rings is 1. The third-order valence-corrected chi connectivity index (χ3v) is 3.76. The van der Waals surface area contributed by atoms with Gasteiger partial charge in [-0.1, -0.05) is 0 Å². The van der Waals surface area contributed by atoms with E-state index in [1.807, 2.05) is 0 Å². The molecule has 8 nitrogen and oxygen atoms in total. The maximum absolute atomic E-state index is 11.8. The lowest BCUT2D eigenvalue weighted by molar-refractivity contribution is -0.147. The topological polar surface area (TPSA) is 116 Å². The fourth-order valence-electron chi connectivity index (χ4n) is 1.66. The van der Waals surface area contributed by atoms with Gasteiger partial charge in [-0.2, -0.15) is 0 Å². The summed E-state index contributed by atoms with van der Waals surface area (Å²) in [5, 5.41) is 20.0. The Hall–Kier alpha value is -1.32. The summed E-state index contributed by atoms with van der Waals surface area (Å²) in [6, 6.07) is 0. The second-order valence-electron chi connectivity index (χ2n) is 4.48. The molecule has 1 heterocycles. The number of hydrogen-bond acceptors (Lipinski definition) is 6. The van der Waals surface area contributed by atoms with Crippen LogP contribution in [0.1, 0.15) is 6.42 Å². The van der Waals surface area contributed by atoms with E-state index in [1.165, 1.54) is 11.8 Å². The summed E-state index contributed by atoms with van der Waals surface area (Å²) in [6.45, 7) is 2.34. The number of carboxylic acid groups (broad SMARTS) is 1. The fraction of sp³-hybridized carbons (Fsp3) is 0.750. The van der Waals surface area contributed by atoms with Crippen molar-refractivity contribution in [3.63, 3.8) is 0 Å². The Balaban J connectivity index is 2.07. The summed E-state index contributed by atoms with van der Waals surface area (Å²) < 4.78 is 5.15. The van der Waals surface area contributed by atoms with E-state index in [1.54, 1.807) is 4.90 Å². The zero-order valence-corrected chi connectivity index (χ0v) is 12.4. The number of carboxylic acids is 1. The predicted octanol–water partition coefficient (Wildman–Crippen LogP) is -1.47. The molecule has 0 bridgehead atoms. The van der Waals surface area contributed by atoms with Crippen LogP contribution in [0, 0.1) is 0 Å². The zero-order chi connectivity index (χ0) is 15.7. The number of hydrogen-bond donors (Lipinski definition) is 3. The highest BCUT2D eigenvalue weighted by Crippen LogP contribution is 2.05. The van der Waals surface area contributed by atoms with Gasteiger partial charge in [0.2, 0.25) is 11.8 Å². The molecule has 0 aliphatic carbocycles. The lowest BCUT2D eigenvalue weighted by Crippen LogP contribution is -2.41. The largest absolute Gasteiger partial charge is 0.479 e. The van der Waals surface area contributed by atoms with Crippen molar-refractivity contribution in [1.29, 1.82) is 0 Å². The molecule has 1 atom stereocenters. The number of aliphatic hydroxyl groups is 1. The van der Waals surface area contributed by atoms with Gasteiger partial charge in [-0.15, -0.1) is 11.8 Å². The van der Waals surface area contributed by atoms with Gasteiger partial charge < -0.3 is 25.2 Å². The molecular weight excluding hydrogens is 300 g/mol. The van der Waals surface area contributed by atoms with E-state index >= 15 is 0 Å². The van der Waals surface area contributed by atoms with Gasteiger partial charge in [-0.25, -0.2) is 4.79 Å². The molecule has 120 valence electrons. The number of thioether (sulfide) groups is 1. The highest BCUT2D eigenvalue weighted by molar-refractivity contribution is 8.00. The van der Waals surface area contributed by atoms with E-state index in [2.05, 4.69) is 5.32 Å².